The van der Waals surface area contributed by atoms with E-state index in [1.165, 1.54) is 18.7 Å². The molecular formula is C18H18N4O4. The van der Waals surface area contributed by atoms with Crippen molar-refractivity contribution in [3.8, 4) is 5.75 Å². The van der Waals surface area contributed by atoms with Gasteiger partial charge < -0.3 is 9.47 Å². The molecular weight excluding hydrogens is 336 g/mol. The maximum Gasteiger partial charge on any atom is 0.327 e. The van der Waals surface area contributed by atoms with Gasteiger partial charge in [0, 0.05) is 24.7 Å². The molecule has 0 amide bonds. The lowest BCUT2D eigenvalue weighted by molar-refractivity contribution is -0.141. The molecule has 3 rings (SSSR count). The summed E-state index contributed by atoms with van der Waals surface area (Å²) in [6.45, 7) is 3.45. The Morgan fingerprint density at radius 3 is 2.58 bits per heavy atom. The molecule has 8 nitrogen and oxygen atoms in total. The van der Waals surface area contributed by atoms with Crippen LogP contribution in [0, 0.1) is 6.92 Å². The van der Waals surface area contributed by atoms with Crippen molar-refractivity contribution >= 4 is 22.7 Å². The largest absolute Gasteiger partial charge is 0.485 e. The first kappa shape index (κ1) is 17.5. The van der Waals surface area contributed by atoms with Crippen LogP contribution < -0.4 is 4.74 Å². The van der Waals surface area contributed by atoms with Crippen molar-refractivity contribution in [2.45, 2.75) is 27.0 Å². The van der Waals surface area contributed by atoms with Crippen molar-refractivity contribution in [2.24, 2.45) is 0 Å². The number of esters is 1. The molecule has 3 aromatic rings. The van der Waals surface area contributed by atoms with Gasteiger partial charge in [0.15, 0.2) is 11.6 Å². The number of fused-ring (bicyclic) bond motifs is 1. The quantitative estimate of drug-likeness (QED) is 0.494. The molecule has 0 aliphatic heterocycles. The molecule has 0 aliphatic rings. The van der Waals surface area contributed by atoms with Gasteiger partial charge in [-0.05, 0) is 30.7 Å². The molecule has 0 fully saturated rings. The van der Waals surface area contributed by atoms with Gasteiger partial charge in [-0.3, -0.25) is 14.3 Å². The Kier molecular flexibility index (Phi) is 4.92. The van der Waals surface area contributed by atoms with Gasteiger partial charge in [0.1, 0.15) is 24.6 Å². The standard InChI is InChI=1S/C18H18N4O4/c1-11-7-14-13(8-15(11)26-10-16-19-5-4-6-20-16)18(12(2)23)21-22(14)9-17(24)25-3/h4-8H,9-10H2,1-3H3. The number of methoxy groups -OCH3 is 1. The maximum absolute atomic E-state index is 12.0. The summed E-state index contributed by atoms with van der Waals surface area (Å²) in [4.78, 5) is 31.8. The molecule has 0 spiro atoms. The molecule has 0 atom stereocenters. The van der Waals surface area contributed by atoms with Crippen LogP contribution >= 0.6 is 0 Å². The van der Waals surface area contributed by atoms with Crippen molar-refractivity contribution in [3.63, 3.8) is 0 Å². The molecule has 0 N–H and O–H groups in total. The zero-order valence-electron chi connectivity index (χ0n) is 14.7. The summed E-state index contributed by atoms with van der Waals surface area (Å²) in [5.74, 6) is 0.522. The molecule has 0 radical (unpaired) electrons. The Bertz CT molecular complexity index is 966. The van der Waals surface area contributed by atoms with Crippen molar-refractivity contribution in [1.29, 1.82) is 0 Å². The van der Waals surface area contributed by atoms with Crippen LogP contribution in [0.15, 0.2) is 30.6 Å². The second kappa shape index (κ2) is 7.30. The second-order valence-corrected chi connectivity index (χ2v) is 5.73. The van der Waals surface area contributed by atoms with E-state index in [2.05, 4.69) is 15.1 Å². The van der Waals surface area contributed by atoms with E-state index in [1.54, 1.807) is 24.5 Å². The summed E-state index contributed by atoms with van der Waals surface area (Å²) < 4.78 is 12.0. The molecule has 0 saturated heterocycles. The SMILES string of the molecule is COC(=O)Cn1nc(C(C)=O)c2cc(OCc3ncccn3)c(C)cc21. The van der Waals surface area contributed by atoms with Crippen molar-refractivity contribution in [3.05, 3.63) is 47.7 Å². The molecule has 26 heavy (non-hydrogen) atoms. The average Bonchev–Trinajstić information content (AvgIpc) is 2.98. The van der Waals surface area contributed by atoms with Crippen LogP contribution in [0.5, 0.6) is 5.75 Å². The number of carbonyl (C=O) groups is 2. The lowest BCUT2D eigenvalue weighted by Crippen LogP contribution is -2.13. The fourth-order valence-electron chi connectivity index (χ4n) is 2.57. The topological polar surface area (TPSA) is 96.2 Å². The highest BCUT2D eigenvalue weighted by Gasteiger charge is 2.18. The molecule has 8 heteroatoms. The average molecular weight is 354 g/mol. The van der Waals surface area contributed by atoms with Gasteiger partial charge >= 0.3 is 5.97 Å². The van der Waals surface area contributed by atoms with Gasteiger partial charge in [0.2, 0.25) is 0 Å². The number of ether oxygens (including phenoxy) is 2. The number of carbonyl (C=O) groups excluding carboxylic acids is 2. The smallest absolute Gasteiger partial charge is 0.327 e. The zero-order chi connectivity index (χ0) is 18.7. The number of aryl methyl sites for hydroxylation is 1. The Labute approximate surface area is 149 Å². The van der Waals surface area contributed by atoms with Crippen LogP contribution in [-0.4, -0.2) is 38.6 Å². The highest BCUT2D eigenvalue weighted by atomic mass is 16.5. The Balaban J connectivity index is 1.99. The van der Waals surface area contributed by atoms with Gasteiger partial charge in [-0.15, -0.1) is 0 Å². The van der Waals surface area contributed by atoms with Crippen LogP contribution in [0.25, 0.3) is 10.9 Å². The Morgan fingerprint density at radius 2 is 1.92 bits per heavy atom. The number of rotatable bonds is 6. The van der Waals surface area contributed by atoms with E-state index in [1.807, 2.05) is 13.0 Å². The van der Waals surface area contributed by atoms with Gasteiger partial charge in [-0.2, -0.15) is 5.10 Å². The maximum atomic E-state index is 12.0. The van der Waals surface area contributed by atoms with Crippen molar-refractivity contribution in [2.75, 3.05) is 7.11 Å². The lowest BCUT2D eigenvalue weighted by Gasteiger charge is -2.09. The van der Waals surface area contributed by atoms with Crippen LogP contribution in [-0.2, 0) is 22.7 Å². The third-order valence-electron chi connectivity index (χ3n) is 3.86. The van der Waals surface area contributed by atoms with Crippen molar-refractivity contribution in [1.82, 2.24) is 19.7 Å². The van der Waals surface area contributed by atoms with Crippen LogP contribution in [0.3, 0.4) is 0 Å². The van der Waals surface area contributed by atoms with E-state index in [-0.39, 0.29) is 24.6 Å². The van der Waals surface area contributed by atoms with Gasteiger partial charge in [0.25, 0.3) is 0 Å². The molecule has 0 bridgehead atoms. The molecule has 2 aromatic heterocycles. The molecule has 2 heterocycles. The monoisotopic (exact) mass is 354 g/mol. The first-order valence-corrected chi connectivity index (χ1v) is 7.97. The highest BCUT2D eigenvalue weighted by molar-refractivity contribution is 6.05. The normalized spacial score (nSPS) is 10.7. The highest BCUT2D eigenvalue weighted by Crippen LogP contribution is 2.29. The fourth-order valence-corrected chi connectivity index (χ4v) is 2.57. The third kappa shape index (κ3) is 3.53. The lowest BCUT2D eigenvalue weighted by atomic mass is 10.1. The van der Waals surface area contributed by atoms with Gasteiger partial charge in [-0.25, -0.2) is 9.97 Å². The number of aromatic nitrogens is 4. The molecule has 134 valence electrons. The number of ketones is 1. The van der Waals surface area contributed by atoms with Crippen LogP contribution in [0.1, 0.15) is 28.8 Å². The fraction of sp³-hybridized carbons (Fsp3) is 0.278. The van der Waals surface area contributed by atoms with E-state index < -0.39 is 5.97 Å². The molecule has 0 unspecified atom stereocenters. The predicted octanol–water partition coefficient (Wildman–Crippen LogP) is 2.09. The van der Waals surface area contributed by atoms with E-state index >= 15 is 0 Å². The third-order valence-corrected chi connectivity index (χ3v) is 3.86. The Hall–Kier alpha value is -3.29. The van der Waals surface area contributed by atoms with Gasteiger partial charge in [-0.1, -0.05) is 0 Å². The zero-order valence-corrected chi connectivity index (χ0v) is 14.7. The van der Waals surface area contributed by atoms with Crippen molar-refractivity contribution < 1.29 is 19.1 Å². The minimum absolute atomic E-state index is 0.0716. The number of hydrogen-bond acceptors (Lipinski definition) is 7. The number of Topliss-reactive ketones (excluding diaryl/α,β-unsaturated/α-hetero) is 1. The summed E-state index contributed by atoms with van der Waals surface area (Å²) in [5, 5.41) is 4.88. The van der Waals surface area contributed by atoms with Crippen LogP contribution in [0.4, 0.5) is 0 Å². The first-order chi connectivity index (χ1) is 12.5. The van der Waals surface area contributed by atoms with Gasteiger partial charge in [0.05, 0.1) is 12.6 Å². The summed E-state index contributed by atoms with van der Waals surface area (Å²) in [5.41, 5.74) is 1.79. The molecule has 0 aliphatic carbocycles. The molecule has 0 saturated carbocycles. The van der Waals surface area contributed by atoms with E-state index in [4.69, 9.17) is 9.47 Å². The number of nitrogens with zero attached hydrogens (tertiary/aromatic N) is 4. The second-order valence-electron chi connectivity index (χ2n) is 5.73. The summed E-state index contributed by atoms with van der Waals surface area (Å²) in [7, 11) is 1.31. The Morgan fingerprint density at radius 1 is 1.19 bits per heavy atom. The van der Waals surface area contributed by atoms with E-state index in [9.17, 15) is 9.59 Å². The predicted molar refractivity (Wildman–Crippen MR) is 92.9 cm³/mol. The first-order valence-electron chi connectivity index (χ1n) is 7.97. The summed E-state index contributed by atoms with van der Waals surface area (Å²) >= 11 is 0. The summed E-state index contributed by atoms with van der Waals surface area (Å²) in [6.07, 6.45) is 3.29. The van der Waals surface area contributed by atoms with E-state index in [0.29, 0.717) is 22.5 Å². The number of hydrogen-bond donors (Lipinski definition) is 0. The molecule has 1 aromatic carbocycles. The minimum Gasteiger partial charge on any atom is -0.485 e. The minimum atomic E-state index is -0.441. The van der Waals surface area contributed by atoms with E-state index in [0.717, 1.165) is 5.56 Å². The van der Waals surface area contributed by atoms with Crippen LogP contribution in [0.2, 0.25) is 0 Å². The summed E-state index contributed by atoms with van der Waals surface area (Å²) in [6, 6.07) is 5.32. The number of benzene rings is 1.